The number of rotatable bonds is 7. The fraction of sp³-hybridized carbons (Fsp3) is 0.433. The fourth-order valence-corrected chi connectivity index (χ4v) is 6.10. The highest BCUT2D eigenvalue weighted by Crippen LogP contribution is 2.37. The number of hydrogen-bond donors (Lipinski definition) is 2. The van der Waals surface area contributed by atoms with Crippen LogP contribution in [0.15, 0.2) is 36.9 Å². The first-order valence-corrected chi connectivity index (χ1v) is 15.0. The summed E-state index contributed by atoms with van der Waals surface area (Å²) in [5.41, 5.74) is -1.36. The van der Waals surface area contributed by atoms with E-state index < -0.39 is 42.1 Å². The number of imidazole rings is 1. The summed E-state index contributed by atoms with van der Waals surface area (Å²) < 4.78 is 84.4. The van der Waals surface area contributed by atoms with E-state index in [9.17, 15) is 31.5 Å². The molecule has 2 aliphatic heterocycles. The average molecular weight is 664 g/mol. The molecule has 17 heteroatoms. The number of nitrogens with one attached hydrogen (secondary N) is 2. The predicted molar refractivity (Wildman–Crippen MR) is 158 cm³/mol. The number of aromatic nitrogens is 5. The maximum absolute atomic E-state index is 15.5. The van der Waals surface area contributed by atoms with Crippen LogP contribution in [0.1, 0.15) is 34.5 Å². The first-order chi connectivity index (χ1) is 22.4. The Labute approximate surface area is 264 Å². The molecule has 2 amide bonds. The topological polar surface area (TPSA) is 113 Å². The van der Waals surface area contributed by atoms with Crippen LogP contribution >= 0.6 is 0 Å². The van der Waals surface area contributed by atoms with Gasteiger partial charge in [-0.2, -0.15) is 18.3 Å². The van der Waals surface area contributed by atoms with E-state index in [0.29, 0.717) is 23.3 Å². The zero-order valence-corrected chi connectivity index (χ0v) is 25.2. The standard InChI is InChI=1S/C30H31F6N9O2/c1-17-12-19(13-21(31)24(17)29(47)43-10-8-42(9-11-43)28(46)18-2-4-37-5-3-18)40-26-27-39-14-22(45(27)7-6-38-26)20-15-44(16-23(32)33)41-25(20)30(34,35)36/h6-7,12-15,18,23,37H,2-5,8-11,16H2,1H3,(H,38,40). The molecule has 2 aliphatic rings. The lowest BCUT2D eigenvalue weighted by Crippen LogP contribution is -2.53. The van der Waals surface area contributed by atoms with E-state index in [4.69, 9.17) is 0 Å². The zero-order chi connectivity index (χ0) is 33.5. The molecule has 4 aromatic rings. The summed E-state index contributed by atoms with van der Waals surface area (Å²) in [6, 6.07) is 2.65. The molecule has 0 saturated carbocycles. The number of carbonyl (C=O) groups excluding carboxylic acids is 2. The van der Waals surface area contributed by atoms with Crippen LogP contribution in [0.3, 0.4) is 0 Å². The summed E-state index contributed by atoms with van der Waals surface area (Å²) in [5.74, 6) is -1.15. The highest BCUT2D eigenvalue weighted by Gasteiger charge is 2.39. The van der Waals surface area contributed by atoms with Crippen LogP contribution in [0.5, 0.6) is 0 Å². The number of halogens is 6. The van der Waals surface area contributed by atoms with Gasteiger partial charge in [0.15, 0.2) is 17.2 Å². The van der Waals surface area contributed by atoms with Gasteiger partial charge in [-0.25, -0.2) is 23.1 Å². The van der Waals surface area contributed by atoms with E-state index >= 15 is 4.39 Å². The third kappa shape index (κ3) is 6.61. The minimum Gasteiger partial charge on any atom is -0.339 e. The Morgan fingerprint density at radius 1 is 1.06 bits per heavy atom. The molecule has 2 fully saturated rings. The molecule has 0 atom stereocenters. The third-order valence-corrected chi connectivity index (χ3v) is 8.39. The molecule has 0 spiro atoms. The van der Waals surface area contributed by atoms with Gasteiger partial charge >= 0.3 is 6.18 Å². The highest BCUT2D eigenvalue weighted by atomic mass is 19.4. The van der Waals surface area contributed by atoms with Gasteiger partial charge < -0.3 is 20.4 Å². The van der Waals surface area contributed by atoms with Crippen molar-refractivity contribution in [2.24, 2.45) is 5.92 Å². The Bertz CT molecular complexity index is 1770. The molecule has 0 bridgehead atoms. The van der Waals surface area contributed by atoms with Gasteiger partial charge in [0, 0.05) is 56.4 Å². The van der Waals surface area contributed by atoms with Crippen molar-refractivity contribution >= 4 is 29.0 Å². The molecule has 5 heterocycles. The second-order valence-electron chi connectivity index (χ2n) is 11.5. The number of piperazine rings is 1. The Hall–Kier alpha value is -4.67. The van der Waals surface area contributed by atoms with Crippen LogP contribution in [-0.2, 0) is 17.5 Å². The number of fused-ring (bicyclic) bond motifs is 1. The van der Waals surface area contributed by atoms with E-state index in [2.05, 4.69) is 25.7 Å². The lowest BCUT2D eigenvalue weighted by molar-refractivity contribution is -0.141. The molecule has 11 nitrogen and oxygen atoms in total. The largest absolute Gasteiger partial charge is 0.435 e. The second kappa shape index (κ2) is 12.8. The van der Waals surface area contributed by atoms with E-state index in [0.717, 1.165) is 44.4 Å². The van der Waals surface area contributed by atoms with Crippen molar-refractivity contribution in [1.82, 2.24) is 39.3 Å². The number of amides is 2. The van der Waals surface area contributed by atoms with Crippen LogP contribution in [0.4, 0.5) is 37.8 Å². The van der Waals surface area contributed by atoms with Gasteiger partial charge in [0.1, 0.15) is 12.4 Å². The van der Waals surface area contributed by atoms with Gasteiger partial charge in [0.25, 0.3) is 12.3 Å². The highest BCUT2D eigenvalue weighted by molar-refractivity contribution is 5.97. The Morgan fingerprint density at radius 2 is 1.77 bits per heavy atom. The quantitative estimate of drug-likeness (QED) is 0.283. The van der Waals surface area contributed by atoms with Crippen LogP contribution < -0.4 is 10.6 Å². The number of alkyl halides is 5. The maximum atomic E-state index is 15.5. The van der Waals surface area contributed by atoms with Gasteiger partial charge in [0.05, 0.1) is 23.0 Å². The molecular weight excluding hydrogens is 632 g/mol. The molecular formula is C30H31F6N9O2. The van der Waals surface area contributed by atoms with E-state index in [-0.39, 0.29) is 53.3 Å². The first kappa shape index (κ1) is 32.3. The number of hydrogen-bond acceptors (Lipinski definition) is 7. The molecule has 2 saturated heterocycles. The van der Waals surface area contributed by atoms with Gasteiger partial charge in [-0.3, -0.25) is 18.7 Å². The van der Waals surface area contributed by atoms with Gasteiger partial charge in [-0.05, 0) is 50.6 Å². The molecule has 0 aliphatic carbocycles. The van der Waals surface area contributed by atoms with Crippen molar-refractivity contribution in [2.45, 2.75) is 38.9 Å². The first-order valence-electron chi connectivity index (χ1n) is 15.0. The fourth-order valence-electron chi connectivity index (χ4n) is 6.10. The molecule has 2 N–H and O–H groups in total. The van der Waals surface area contributed by atoms with Crippen molar-refractivity contribution in [1.29, 1.82) is 0 Å². The number of anilines is 2. The normalized spacial score (nSPS) is 16.3. The SMILES string of the molecule is Cc1cc(Nc2nccn3c(-c4cn(CC(F)F)nc4C(F)(F)F)cnc23)cc(F)c1C(=O)N1CCN(C(=O)C2CCNCC2)CC1. The third-order valence-electron chi connectivity index (χ3n) is 8.39. The monoisotopic (exact) mass is 663 g/mol. The minimum absolute atomic E-state index is 0.0264. The lowest BCUT2D eigenvalue weighted by atomic mass is 9.96. The summed E-state index contributed by atoms with van der Waals surface area (Å²) in [5, 5.41) is 9.48. The van der Waals surface area contributed by atoms with Gasteiger partial charge in [-0.15, -0.1) is 0 Å². The summed E-state index contributed by atoms with van der Waals surface area (Å²) in [6.07, 6.45) is -1.63. The second-order valence-corrected chi connectivity index (χ2v) is 11.5. The molecule has 250 valence electrons. The molecule has 0 unspecified atom stereocenters. The van der Waals surface area contributed by atoms with Gasteiger partial charge in [-0.1, -0.05) is 0 Å². The molecule has 3 aromatic heterocycles. The number of carbonyl (C=O) groups is 2. The Balaban J connectivity index is 1.20. The summed E-state index contributed by atoms with van der Waals surface area (Å²) in [4.78, 5) is 37.9. The van der Waals surface area contributed by atoms with Crippen molar-refractivity contribution in [2.75, 3.05) is 44.6 Å². The van der Waals surface area contributed by atoms with E-state index in [1.807, 2.05) is 0 Å². The Morgan fingerprint density at radius 3 is 2.43 bits per heavy atom. The predicted octanol–water partition coefficient (Wildman–Crippen LogP) is 4.35. The van der Waals surface area contributed by atoms with Crippen LogP contribution in [-0.4, -0.2) is 91.5 Å². The summed E-state index contributed by atoms with van der Waals surface area (Å²) in [6.45, 7) is 3.45. The van der Waals surface area contributed by atoms with Crippen molar-refractivity contribution < 1.29 is 35.9 Å². The molecule has 1 aromatic carbocycles. The molecule has 0 radical (unpaired) electrons. The van der Waals surface area contributed by atoms with E-state index in [1.165, 1.54) is 21.7 Å². The minimum atomic E-state index is -4.92. The van der Waals surface area contributed by atoms with Crippen LogP contribution in [0.2, 0.25) is 0 Å². The van der Waals surface area contributed by atoms with Crippen LogP contribution in [0.25, 0.3) is 16.9 Å². The van der Waals surface area contributed by atoms with Crippen molar-refractivity contribution in [3.05, 3.63) is 59.6 Å². The lowest BCUT2D eigenvalue weighted by Gasteiger charge is -2.37. The number of nitrogens with zero attached hydrogens (tertiary/aromatic N) is 7. The smallest absolute Gasteiger partial charge is 0.339 e. The van der Waals surface area contributed by atoms with Crippen molar-refractivity contribution in [3.8, 4) is 11.3 Å². The number of piperidine rings is 1. The molecule has 6 rings (SSSR count). The molecule has 47 heavy (non-hydrogen) atoms. The van der Waals surface area contributed by atoms with E-state index in [1.54, 1.807) is 17.9 Å². The number of benzene rings is 1. The number of aryl methyl sites for hydroxylation is 1. The Kier molecular flexibility index (Phi) is 8.82. The zero-order valence-electron chi connectivity index (χ0n) is 25.2. The summed E-state index contributed by atoms with van der Waals surface area (Å²) >= 11 is 0. The van der Waals surface area contributed by atoms with Crippen LogP contribution in [0, 0.1) is 18.7 Å². The average Bonchev–Trinajstić information content (AvgIpc) is 3.65. The summed E-state index contributed by atoms with van der Waals surface area (Å²) in [7, 11) is 0. The van der Waals surface area contributed by atoms with Gasteiger partial charge in [0.2, 0.25) is 5.91 Å². The van der Waals surface area contributed by atoms with Crippen molar-refractivity contribution in [3.63, 3.8) is 0 Å². The maximum Gasteiger partial charge on any atom is 0.435 e.